The number of fused-ring (bicyclic) bond motifs is 4. The SMILES string of the molecule is COCCNC(=O)Cn1cc(-c2cc3c(ncc4c[nH]n(C)c43)n2)c2cc(OC)ccc21. The molecule has 0 aliphatic carbocycles. The molecule has 1 aromatic carbocycles. The van der Waals surface area contributed by atoms with E-state index in [1.54, 1.807) is 14.2 Å². The van der Waals surface area contributed by atoms with E-state index in [0.717, 1.165) is 44.2 Å². The molecule has 5 aromatic rings. The number of hydrogen-bond acceptors (Lipinski definition) is 5. The van der Waals surface area contributed by atoms with Crippen molar-refractivity contribution in [2.75, 3.05) is 27.4 Å². The smallest absolute Gasteiger partial charge is 0.240 e. The average molecular weight is 432 g/mol. The van der Waals surface area contributed by atoms with E-state index in [1.165, 1.54) is 0 Å². The second-order valence-electron chi connectivity index (χ2n) is 7.67. The summed E-state index contributed by atoms with van der Waals surface area (Å²) in [4.78, 5) is 21.8. The lowest BCUT2D eigenvalue weighted by molar-refractivity contribution is -0.121. The highest BCUT2D eigenvalue weighted by atomic mass is 16.5. The van der Waals surface area contributed by atoms with E-state index in [0.29, 0.717) is 18.8 Å². The summed E-state index contributed by atoms with van der Waals surface area (Å²) in [6.07, 6.45) is 5.71. The van der Waals surface area contributed by atoms with E-state index in [4.69, 9.17) is 14.5 Å². The summed E-state index contributed by atoms with van der Waals surface area (Å²) >= 11 is 0. The van der Waals surface area contributed by atoms with Crippen LogP contribution in [0.1, 0.15) is 0 Å². The number of aromatic amines is 1. The molecule has 4 aromatic heterocycles. The van der Waals surface area contributed by atoms with Gasteiger partial charge in [0.25, 0.3) is 0 Å². The van der Waals surface area contributed by atoms with Crippen LogP contribution in [0.3, 0.4) is 0 Å². The molecule has 164 valence electrons. The third-order valence-electron chi connectivity index (χ3n) is 5.66. The number of hydrogen-bond donors (Lipinski definition) is 2. The number of methoxy groups -OCH3 is 2. The second-order valence-corrected chi connectivity index (χ2v) is 7.67. The van der Waals surface area contributed by atoms with Gasteiger partial charge in [-0.2, -0.15) is 0 Å². The number of carbonyl (C=O) groups is 1. The minimum absolute atomic E-state index is 0.0790. The van der Waals surface area contributed by atoms with Gasteiger partial charge in [-0.25, -0.2) is 9.97 Å². The van der Waals surface area contributed by atoms with Gasteiger partial charge in [0.2, 0.25) is 5.91 Å². The number of aryl methyl sites for hydroxylation is 1. The summed E-state index contributed by atoms with van der Waals surface area (Å²) in [6, 6.07) is 7.88. The number of carbonyl (C=O) groups excluding carboxylic acids is 1. The Morgan fingerprint density at radius 1 is 1.22 bits per heavy atom. The molecule has 1 amide bonds. The summed E-state index contributed by atoms with van der Waals surface area (Å²) in [7, 11) is 5.22. The Balaban J connectivity index is 1.62. The predicted molar refractivity (Wildman–Crippen MR) is 123 cm³/mol. The summed E-state index contributed by atoms with van der Waals surface area (Å²) in [5.41, 5.74) is 4.39. The molecule has 0 bridgehead atoms. The highest BCUT2D eigenvalue weighted by molar-refractivity contribution is 6.06. The lowest BCUT2D eigenvalue weighted by Crippen LogP contribution is -2.30. The van der Waals surface area contributed by atoms with E-state index >= 15 is 0 Å². The molecule has 0 fully saturated rings. The molecular formula is C23H24N6O3. The van der Waals surface area contributed by atoms with Gasteiger partial charge < -0.3 is 24.5 Å². The van der Waals surface area contributed by atoms with Gasteiger partial charge in [-0.15, -0.1) is 0 Å². The summed E-state index contributed by atoms with van der Waals surface area (Å²) < 4.78 is 14.4. The van der Waals surface area contributed by atoms with Crippen LogP contribution in [0.2, 0.25) is 0 Å². The van der Waals surface area contributed by atoms with Crippen LogP contribution in [-0.4, -0.2) is 57.6 Å². The zero-order chi connectivity index (χ0) is 22.2. The molecule has 5 rings (SSSR count). The zero-order valence-corrected chi connectivity index (χ0v) is 18.2. The van der Waals surface area contributed by atoms with Gasteiger partial charge in [0, 0.05) is 66.5 Å². The van der Waals surface area contributed by atoms with E-state index in [-0.39, 0.29) is 12.5 Å². The van der Waals surface area contributed by atoms with Crippen molar-refractivity contribution in [3.63, 3.8) is 0 Å². The molecule has 0 saturated heterocycles. The fourth-order valence-electron chi connectivity index (χ4n) is 4.12. The van der Waals surface area contributed by atoms with E-state index < -0.39 is 0 Å². The number of nitrogens with zero attached hydrogens (tertiary/aromatic N) is 4. The molecule has 0 unspecified atom stereocenters. The normalized spacial score (nSPS) is 11.6. The fraction of sp³-hybridized carbons (Fsp3) is 0.261. The van der Waals surface area contributed by atoms with Crippen LogP contribution < -0.4 is 10.1 Å². The summed E-state index contributed by atoms with van der Waals surface area (Å²) in [5, 5.41) is 9.02. The fourth-order valence-corrected chi connectivity index (χ4v) is 4.12. The van der Waals surface area contributed by atoms with Crippen LogP contribution in [-0.2, 0) is 23.1 Å². The highest BCUT2D eigenvalue weighted by Gasteiger charge is 2.18. The molecule has 0 spiro atoms. The van der Waals surface area contributed by atoms with Gasteiger partial charge in [-0.3, -0.25) is 9.48 Å². The first-order valence-corrected chi connectivity index (χ1v) is 10.3. The van der Waals surface area contributed by atoms with Crippen LogP contribution in [0.5, 0.6) is 5.75 Å². The zero-order valence-electron chi connectivity index (χ0n) is 18.2. The molecule has 0 atom stereocenters. The van der Waals surface area contributed by atoms with Gasteiger partial charge in [0.1, 0.15) is 12.3 Å². The predicted octanol–water partition coefficient (Wildman–Crippen LogP) is 2.84. The topological polar surface area (TPSA) is 99.0 Å². The molecule has 0 aliphatic heterocycles. The number of rotatable bonds is 7. The lowest BCUT2D eigenvalue weighted by Gasteiger charge is -2.07. The Morgan fingerprint density at radius 3 is 2.91 bits per heavy atom. The maximum atomic E-state index is 12.5. The molecule has 0 aliphatic rings. The van der Waals surface area contributed by atoms with Gasteiger partial charge >= 0.3 is 0 Å². The number of ether oxygens (including phenoxy) is 2. The van der Waals surface area contributed by atoms with Crippen molar-refractivity contribution in [2.45, 2.75) is 6.54 Å². The van der Waals surface area contributed by atoms with Gasteiger partial charge in [0.05, 0.1) is 24.9 Å². The Bertz CT molecular complexity index is 1440. The summed E-state index contributed by atoms with van der Waals surface area (Å²) in [6.45, 7) is 1.14. The third kappa shape index (κ3) is 3.36. The van der Waals surface area contributed by atoms with Crippen LogP contribution >= 0.6 is 0 Å². The van der Waals surface area contributed by atoms with Crippen LogP contribution in [0.4, 0.5) is 0 Å². The largest absolute Gasteiger partial charge is 0.497 e. The third-order valence-corrected chi connectivity index (χ3v) is 5.66. The van der Waals surface area contributed by atoms with Crippen LogP contribution in [0.25, 0.3) is 44.1 Å². The van der Waals surface area contributed by atoms with Crippen molar-refractivity contribution in [1.29, 1.82) is 0 Å². The van der Waals surface area contributed by atoms with Crippen LogP contribution in [0.15, 0.2) is 42.9 Å². The number of H-pyrrole nitrogens is 1. The average Bonchev–Trinajstić information content (AvgIpc) is 3.48. The van der Waals surface area contributed by atoms with Crippen molar-refractivity contribution in [3.05, 3.63) is 42.9 Å². The number of nitrogens with one attached hydrogen (secondary N) is 2. The maximum absolute atomic E-state index is 12.5. The Kier molecular flexibility index (Phi) is 5.02. The quantitative estimate of drug-likeness (QED) is 0.385. The van der Waals surface area contributed by atoms with Crippen molar-refractivity contribution in [3.8, 4) is 17.0 Å². The highest BCUT2D eigenvalue weighted by Crippen LogP contribution is 2.35. The van der Waals surface area contributed by atoms with Gasteiger partial charge in [-0.1, -0.05) is 0 Å². The van der Waals surface area contributed by atoms with E-state index in [9.17, 15) is 4.79 Å². The Hall–Kier alpha value is -3.85. The number of benzene rings is 1. The van der Waals surface area contributed by atoms with E-state index in [2.05, 4.69) is 21.5 Å². The van der Waals surface area contributed by atoms with Crippen molar-refractivity contribution in [2.24, 2.45) is 7.05 Å². The maximum Gasteiger partial charge on any atom is 0.240 e. The number of pyridine rings is 1. The minimum atomic E-state index is -0.0790. The molecule has 9 nitrogen and oxygen atoms in total. The minimum Gasteiger partial charge on any atom is -0.497 e. The first kappa shape index (κ1) is 20.1. The first-order chi connectivity index (χ1) is 15.6. The van der Waals surface area contributed by atoms with E-state index in [1.807, 2.05) is 53.1 Å². The molecule has 0 saturated carbocycles. The van der Waals surface area contributed by atoms with Crippen molar-refractivity contribution >= 4 is 38.7 Å². The summed E-state index contributed by atoms with van der Waals surface area (Å²) in [5.74, 6) is 0.666. The lowest BCUT2D eigenvalue weighted by atomic mass is 10.1. The standard InChI is InChI=1S/C23H24N6O3/c1-28-22-14(11-26-28)10-25-23-17(22)9-19(27-23)18-12-29(13-21(30)24-6-7-31-2)20-5-4-15(32-3)8-16(18)20/h4-5,8-12,26H,6-7,13H2,1-3H3,(H,24,30). The Morgan fingerprint density at radius 2 is 2.09 bits per heavy atom. The van der Waals surface area contributed by atoms with Crippen LogP contribution in [0, 0.1) is 0 Å². The van der Waals surface area contributed by atoms with Gasteiger partial charge in [-0.05, 0) is 24.3 Å². The molecular weight excluding hydrogens is 408 g/mol. The Labute approximate surface area is 183 Å². The second kappa shape index (κ2) is 8.01. The van der Waals surface area contributed by atoms with Crippen molar-refractivity contribution in [1.82, 2.24) is 29.6 Å². The van der Waals surface area contributed by atoms with Gasteiger partial charge in [0.15, 0.2) is 5.65 Å². The monoisotopic (exact) mass is 432 g/mol. The molecule has 4 heterocycles. The van der Waals surface area contributed by atoms with Crippen molar-refractivity contribution < 1.29 is 14.3 Å². The molecule has 0 radical (unpaired) electrons. The molecule has 2 N–H and O–H groups in total. The number of aromatic nitrogens is 5. The number of amides is 1. The molecule has 9 heteroatoms. The first-order valence-electron chi connectivity index (χ1n) is 10.3. The molecule has 32 heavy (non-hydrogen) atoms.